The van der Waals surface area contributed by atoms with Gasteiger partial charge in [0.2, 0.25) is 0 Å². The van der Waals surface area contributed by atoms with Gasteiger partial charge in [0, 0.05) is 4.47 Å². The highest BCUT2D eigenvalue weighted by Gasteiger charge is 2.12. The molecule has 0 aromatic heterocycles. The predicted molar refractivity (Wildman–Crippen MR) is 84.2 cm³/mol. The maximum Gasteiger partial charge on any atom is 0.118 e. The summed E-state index contributed by atoms with van der Waals surface area (Å²) in [4.78, 5) is 0. The molecule has 0 aliphatic rings. The van der Waals surface area contributed by atoms with Crippen LogP contribution >= 0.6 is 27.5 Å². The maximum atomic E-state index is 6.53. The van der Waals surface area contributed by atoms with Crippen molar-refractivity contribution in [2.75, 3.05) is 7.11 Å². The molecule has 0 fully saturated rings. The molecule has 19 heavy (non-hydrogen) atoms. The van der Waals surface area contributed by atoms with E-state index in [-0.39, 0.29) is 5.38 Å². The Morgan fingerprint density at radius 2 is 1.84 bits per heavy atom. The molecule has 0 heterocycles. The van der Waals surface area contributed by atoms with E-state index in [0.29, 0.717) is 0 Å². The van der Waals surface area contributed by atoms with Gasteiger partial charge in [-0.3, -0.25) is 0 Å². The van der Waals surface area contributed by atoms with Gasteiger partial charge in [0.15, 0.2) is 0 Å². The molecule has 1 atom stereocenters. The fourth-order valence-corrected chi connectivity index (χ4v) is 3.00. The molecule has 0 saturated carbocycles. The summed E-state index contributed by atoms with van der Waals surface area (Å²) in [7, 11) is 1.67. The van der Waals surface area contributed by atoms with E-state index in [2.05, 4.69) is 47.1 Å². The van der Waals surface area contributed by atoms with Gasteiger partial charge in [-0.25, -0.2) is 0 Å². The zero-order chi connectivity index (χ0) is 13.8. The molecule has 0 aliphatic carbocycles. The monoisotopic (exact) mass is 338 g/mol. The van der Waals surface area contributed by atoms with Gasteiger partial charge in [-0.05, 0) is 42.7 Å². The zero-order valence-electron chi connectivity index (χ0n) is 11.0. The summed E-state index contributed by atoms with van der Waals surface area (Å²) in [5.74, 6) is 0.867. The normalized spacial score (nSPS) is 12.2. The lowest BCUT2D eigenvalue weighted by Gasteiger charge is -2.13. The minimum Gasteiger partial charge on any atom is -0.497 e. The highest BCUT2D eigenvalue weighted by molar-refractivity contribution is 9.10. The third-order valence-electron chi connectivity index (χ3n) is 3.06. The highest BCUT2D eigenvalue weighted by Crippen LogP contribution is 2.32. The van der Waals surface area contributed by atoms with Crippen molar-refractivity contribution in [1.29, 1.82) is 0 Å². The van der Waals surface area contributed by atoms with Crippen LogP contribution in [-0.2, 0) is 6.42 Å². The third-order valence-corrected chi connectivity index (χ3v) is 4.17. The van der Waals surface area contributed by atoms with Crippen molar-refractivity contribution in [3.8, 4) is 5.75 Å². The number of alkyl halides is 1. The first-order valence-corrected chi connectivity index (χ1v) is 7.36. The fourth-order valence-electron chi connectivity index (χ4n) is 1.98. The van der Waals surface area contributed by atoms with Crippen LogP contribution in [-0.4, -0.2) is 7.11 Å². The smallest absolute Gasteiger partial charge is 0.118 e. The average molecular weight is 340 g/mol. The Bertz CT molecular complexity index is 551. The Labute approximate surface area is 127 Å². The van der Waals surface area contributed by atoms with Gasteiger partial charge in [-0.15, -0.1) is 11.6 Å². The predicted octanol–water partition coefficient (Wildman–Crippen LogP) is 5.29. The molecule has 1 nitrogen and oxygen atoms in total. The van der Waals surface area contributed by atoms with Crippen LogP contribution < -0.4 is 4.74 Å². The van der Waals surface area contributed by atoms with Gasteiger partial charge < -0.3 is 4.74 Å². The van der Waals surface area contributed by atoms with Crippen LogP contribution in [0.5, 0.6) is 5.75 Å². The SMILES string of the molecule is COc1ccc(CC(Cl)c2cc(C)ccc2Br)cc1. The fraction of sp³-hybridized carbons (Fsp3) is 0.250. The van der Waals surface area contributed by atoms with E-state index in [0.717, 1.165) is 22.2 Å². The Morgan fingerprint density at radius 3 is 2.47 bits per heavy atom. The number of hydrogen-bond donors (Lipinski definition) is 0. The third kappa shape index (κ3) is 3.74. The molecule has 0 saturated heterocycles. The van der Waals surface area contributed by atoms with Crippen molar-refractivity contribution in [3.63, 3.8) is 0 Å². The van der Waals surface area contributed by atoms with Crippen LogP contribution in [0.2, 0.25) is 0 Å². The molecule has 0 amide bonds. The minimum atomic E-state index is -0.0392. The molecule has 0 bridgehead atoms. The summed E-state index contributed by atoms with van der Waals surface area (Å²) >= 11 is 10.1. The van der Waals surface area contributed by atoms with Crippen molar-refractivity contribution in [1.82, 2.24) is 0 Å². The molecular formula is C16H16BrClO. The first kappa shape index (κ1) is 14.4. The van der Waals surface area contributed by atoms with E-state index in [1.165, 1.54) is 11.1 Å². The number of aryl methyl sites for hydroxylation is 1. The number of ether oxygens (including phenoxy) is 1. The lowest BCUT2D eigenvalue weighted by Crippen LogP contribution is -1.98. The standard InChI is InChI=1S/C16H16BrClO/c1-11-3-8-15(17)14(9-11)16(18)10-12-4-6-13(19-2)7-5-12/h3-9,16H,10H2,1-2H3. The Balaban J connectivity index is 2.15. The Kier molecular flexibility index (Phi) is 4.89. The number of rotatable bonds is 4. The molecule has 2 aromatic carbocycles. The van der Waals surface area contributed by atoms with E-state index in [4.69, 9.17) is 16.3 Å². The summed E-state index contributed by atoms with van der Waals surface area (Å²) in [6.45, 7) is 2.08. The summed E-state index contributed by atoms with van der Waals surface area (Å²) in [6.07, 6.45) is 0.799. The first-order valence-electron chi connectivity index (χ1n) is 6.13. The van der Waals surface area contributed by atoms with Gasteiger partial charge in [0.1, 0.15) is 5.75 Å². The van der Waals surface area contributed by atoms with Crippen LogP contribution in [0.3, 0.4) is 0 Å². The Hall–Kier alpha value is -0.990. The van der Waals surface area contributed by atoms with Crippen LogP contribution in [0.1, 0.15) is 22.1 Å². The quantitative estimate of drug-likeness (QED) is 0.688. The zero-order valence-corrected chi connectivity index (χ0v) is 13.3. The molecular weight excluding hydrogens is 324 g/mol. The van der Waals surface area contributed by atoms with Gasteiger partial charge in [-0.1, -0.05) is 45.8 Å². The van der Waals surface area contributed by atoms with Crippen molar-refractivity contribution < 1.29 is 4.74 Å². The van der Waals surface area contributed by atoms with Gasteiger partial charge >= 0.3 is 0 Å². The first-order chi connectivity index (χ1) is 9.10. The van der Waals surface area contributed by atoms with Gasteiger partial charge in [-0.2, -0.15) is 0 Å². The number of hydrogen-bond acceptors (Lipinski definition) is 1. The lowest BCUT2D eigenvalue weighted by atomic mass is 10.0. The largest absolute Gasteiger partial charge is 0.497 e. The second kappa shape index (κ2) is 6.44. The molecule has 2 rings (SSSR count). The molecule has 3 heteroatoms. The van der Waals surface area contributed by atoms with Crippen LogP contribution in [0.15, 0.2) is 46.9 Å². The van der Waals surface area contributed by atoms with E-state index in [9.17, 15) is 0 Å². The maximum absolute atomic E-state index is 6.53. The minimum absolute atomic E-state index is 0.0392. The van der Waals surface area contributed by atoms with Crippen LogP contribution in [0, 0.1) is 6.92 Å². The second-order valence-corrected chi connectivity index (χ2v) is 5.93. The molecule has 2 aromatic rings. The highest BCUT2D eigenvalue weighted by atomic mass is 79.9. The van der Waals surface area contributed by atoms with Crippen LogP contribution in [0.25, 0.3) is 0 Å². The molecule has 0 N–H and O–H groups in total. The summed E-state index contributed by atoms with van der Waals surface area (Å²) in [6, 6.07) is 14.3. The number of halogens is 2. The van der Waals surface area contributed by atoms with Crippen molar-refractivity contribution in [2.45, 2.75) is 18.7 Å². The van der Waals surface area contributed by atoms with Crippen molar-refractivity contribution in [3.05, 3.63) is 63.6 Å². The van der Waals surface area contributed by atoms with Crippen LogP contribution in [0.4, 0.5) is 0 Å². The summed E-state index contributed by atoms with van der Waals surface area (Å²) < 4.78 is 6.21. The molecule has 100 valence electrons. The number of methoxy groups -OCH3 is 1. The molecule has 0 aliphatic heterocycles. The summed E-state index contributed by atoms with van der Waals surface area (Å²) in [5.41, 5.74) is 3.56. The van der Waals surface area contributed by atoms with Crippen molar-refractivity contribution in [2.24, 2.45) is 0 Å². The Morgan fingerprint density at radius 1 is 1.16 bits per heavy atom. The van der Waals surface area contributed by atoms with E-state index in [1.807, 2.05) is 18.2 Å². The number of benzene rings is 2. The molecule has 1 unspecified atom stereocenters. The van der Waals surface area contributed by atoms with Gasteiger partial charge in [0.25, 0.3) is 0 Å². The van der Waals surface area contributed by atoms with E-state index in [1.54, 1.807) is 7.11 Å². The van der Waals surface area contributed by atoms with Crippen molar-refractivity contribution >= 4 is 27.5 Å². The summed E-state index contributed by atoms with van der Waals surface area (Å²) in [5, 5.41) is -0.0392. The second-order valence-electron chi connectivity index (χ2n) is 4.54. The lowest BCUT2D eigenvalue weighted by molar-refractivity contribution is 0.414. The average Bonchev–Trinajstić information content (AvgIpc) is 2.42. The van der Waals surface area contributed by atoms with E-state index < -0.39 is 0 Å². The van der Waals surface area contributed by atoms with Gasteiger partial charge in [0.05, 0.1) is 12.5 Å². The topological polar surface area (TPSA) is 9.23 Å². The van der Waals surface area contributed by atoms with E-state index >= 15 is 0 Å². The molecule has 0 spiro atoms. The molecule has 0 radical (unpaired) electrons.